The standard InChI is InChI=1S/C24H25N3O2/c1-17-5-4-6-21(13-17)29-20-9-7-18(8-10-20)19-14-23(26-11-12-27(2)3)22(16-25)24(28)15-19/h4-10,13-15,26,28H,11-12H2,1-3H3. The molecule has 3 rings (SSSR count). The molecule has 0 aliphatic carbocycles. The number of rotatable bonds is 7. The van der Waals surface area contributed by atoms with Gasteiger partial charge in [0.2, 0.25) is 0 Å². The Balaban J connectivity index is 1.82. The fourth-order valence-electron chi connectivity index (χ4n) is 2.99. The minimum Gasteiger partial charge on any atom is -0.506 e. The molecule has 29 heavy (non-hydrogen) atoms. The van der Waals surface area contributed by atoms with Gasteiger partial charge < -0.3 is 20.1 Å². The molecule has 3 aromatic rings. The van der Waals surface area contributed by atoms with Gasteiger partial charge in [0.1, 0.15) is 28.9 Å². The van der Waals surface area contributed by atoms with E-state index >= 15 is 0 Å². The Morgan fingerprint density at radius 2 is 1.76 bits per heavy atom. The van der Waals surface area contributed by atoms with Gasteiger partial charge in [-0.3, -0.25) is 0 Å². The molecule has 3 aromatic carbocycles. The summed E-state index contributed by atoms with van der Waals surface area (Å²) in [5.74, 6) is 1.50. The number of anilines is 1. The minimum absolute atomic E-state index is 0.0301. The largest absolute Gasteiger partial charge is 0.506 e. The van der Waals surface area contributed by atoms with E-state index in [0.29, 0.717) is 12.2 Å². The van der Waals surface area contributed by atoms with E-state index in [4.69, 9.17) is 4.74 Å². The van der Waals surface area contributed by atoms with Crippen LogP contribution in [0.2, 0.25) is 0 Å². The SMILES string of the molecule is Cc1cccc(Oc2ccc(-c3cc(O)c(C#N)c(NCCN(C)C)c3)cc2)c1. The molecule has 0 unspecified atom stereocenters. The molecule has 0 saturated carbocycles. The molecule has 0 atom stereocenters. The summed E-state index contributed by atoms with van der Waals surface area (Å²) in [5, 5.41) is 23.0. The van der Waals surface area contributed by atoms with Gasteiger partial charge in [0.25, 0.3) is 0 Å². The number of benzene rings is 3. The molecule has 0 aliphatic rings. The molecule has 0 saturated heterocycles. The number of phenolic OH excluding ortho intramolecular Hbond substituents is 1. The van der Waals surface area contributed by atoms with Gasteiger partial charge in [-0.05, 0) is 74.1 Å². The fraction of sp³-hybridized carbons (Fsp3) is 0.208. The van der Waals surface area contributed by atoms with Crippen LogP contribution in [0, 0.1) is 18.3 Å². The van der Waals surface area contributed by atoms with Gasteiger partial charge in [0.05, 0.1) is 5.69 Å². The Hall–Kier alpha value is -3.49. The van der Waals surface area contributed by atoms with Gasteiger partial charge in [0, 0.05) is 13.1 Å². The molecule has 0 radical (unpaired) electrons. The zero-order valence-corrected chi connectivity index (χ0v) is 16.9. The molecule has 0 bridgehead atoms. The number of nitrogens with zero attached hydrogens (tertiary/aromatic N) is 2. The summed E-state index contributed by atoms with van der Waals surface area (Å²) < 4.78 is 5.90. The van der Waals surface area contributed by atoms with Crippen molar-refractivity contribution in [3.63, 3.8) is 0 Å². The second-order valence-corrected chi connectivity index (χ2v) is 7.20. The molecule has 0 heterocycles. The lowest BCUT2D eigenvalue weighted by molar-refractivity contribution is 0.425. The molecule has 2 N–H and O–H groups in total. The van der Waals surface area contributed by atoms with Gasteiger partial charge >= 0.3 is 0 Å². The highest BCUT2D eigenvalue weighted by molar-refractivity contribution is 5.76. The molecule has 5 nitrogen and oxygen atoms in total. The second-order valence-electron chi connectivity index (χ2n) is 7.20. The predicted molar refractivity (Wildman–Crippen MR) is 117 cm³/mol. The number of likely N-dealkylation sites (N-methyl/N-ethyl adjacent to an activating group) is 1. The average molecular weight is 387 g/mol. The highest BCUT2D eigenvalue weighted by Crippen LogP contribution is 2.33. The molecule has 0 fully saturated rings. The van der Waals surface area contributed by atoms with Crippen LogP contribution in [0.25, 0.3) is 11.1 Å². The van der Waals surface area contributed by atoms with Crippen LogP contribution >= 0.6 is 0 Å². The van der Waals surface area contributed by atoms with Crippen molar-refractivity contribution in [2.24, 2.45) is 0 Å². The summed E-state index contributed by atoms with van der Waals surface area (Å²) in [6.45, 7) is 3.52. The number of nitriles is 1. The van der Waals surface area contributed by atoms with Crippen LogP contribution in [-0.2, 0) is 0 Å². The molecule has 148 valence electrons. The van der Waals surface area contributed by atoms with E-state index in [0.717, 1.165) is 34.7 Å². The van der Waals surface area contributed by atoms with Crippen LogP contribution in [0.3, 0.4) is 0 Å². The Morgan fingerprint density at radius 1 is 1.00 bits per heavy atom. The first kappa shape index (κ1) is 20.2. The molecular weight excluding hydrogens is 362 g/mol. The Bertz CT molecular complexity index is 1020. The predicted octanol–water partition coefficient (Wildman–Crippen LogP) is 5.01. The quantitative estimate of drug-likeness (QED) is 0.597. The van der Waals surface area contributed by atoms with E-state index in [-0.39, 0.29) is 11.3 Å². The molecular formula is C24H25N3O2. The highest BCUT2D eigenvalue weighted by atomic mass is 16.5. The molecule has 0 amide bonds. The Labute approximate surface area is 171 Å². The fourth-order valence-corrected chi connectivity index (χ4v) is 2.99. The van der Waals surface area contributed by atoms with Crippen LogP contribution in [0.1, 0.15) is 11.1 Å². The maximum Gasteiger partial charge on any atom is 0.136 e. The van der Waals surface area contributed by atoms with Crippen LogP contribution in [0.4, 0.5) is 5.69 Å². The number of hydrogen-bond acceptors (Lipinski definition) is 5. The summed E-state index contributed by atoms with van der Waals surface area (Å²) in [7, 11) is 3.97. The second kappa shape index (κ2) is 9.13. The molecule has 0 spiro atoms. The van der Waals surface area contributed by atoms with E-state index in [1.165, 1.54) is 0 Å². The van der Waals surface area contributed by atoms with Gasteiger partial charge in [-0.15, -0.1) is 0 Å². The zero-order valence-electron chi connectivity index (χ0n) is 16.9. The van der Waals surface area contributed by atoms with Crippen molar-refractivity contribution in [3.8, 4) is 34.4 Å². The first-order valence-electron chi connectivity index (χ1n) is 9.47. The van der Waals surface area contributed by atoms with E-state index in [2.05, 4.69) is 16.3 Å². The molecule has 0 aromatic heterocycles. The van der Waals surface area contributed by atoms with Crippen molar-refractivity contribution < 1.29 is 9.84 Å². The third-order valence-electron chi connectivity index (χ3n) is 4.52. The van der Waals surface area contributed by atoms with Crippen molar-refractivity contribution in [2.75, 3.05) is 32.5 Å². The van der Waals surface area contributed by atoms with Crippen LogP contribution in [-0.4, -0.2) is 37.2 Å². The first-order chi connectivity index (χ1) is 14.0. The Morgan fingerprint density at radius 3 is 2.41 bits per heavy atom. The summed E-state index contributed by atoms with van der Waals surface area (Å²) in [4.78, 5) is 2.05. The minimum atomic E-state index is -0.0301. The van der Waals surface area contributed by atoms with Crippen molar-refractivity contribution >= 4 is 5.69 Å². The topological polar surface area (TPSA) is 68.5 Å². The van der Waals surface area contributed by atoms with E-state index in [1.807, 2.05) is 75.6 Å². The van der Waals surface area contributed by atoms with Crippen molar-refractivity contribution in [1.82, 2.24) is 4.90 Å². The molecule has 0 aliphatic heterocycles. The highest BCUT2D eigenvalue weighted by Gasteiger charge is 2.11. The number of phenols is 1. The normalized spacial score (nSPS) is 10.6. The summed E-state index contributed by atoms with van der Waals surface area (Å²) in [6.07, 6.45) is 0. The van der Waals surface area contributed by atoms with E-state index in [9.17, 15) is 10.4 Å². The van der Waals surface area contributed by atoms with Gasteiger partial charge in [-0.2, -0.15) is 5.26 Å². The number of aryl methyl sites for hydroxylation is 1. The van der Waals surface area contributed by atoms with Gasteiger partial charge in [-0.25, -0.2) is 0 Å². The maximum absolute atomic E-state index is 10.3. The maximum atomic E-state index is 10.3. The Kier molecular flexibility index (Phi) is 6.38. The number of hydrogen-bond donors (Lipinski definition) is 2. The third-order valence-corrected chi connectivity index (χ3v) is 4.52. The van der Waals surface area contributed by atoms with Crippen molar-refractivity contribution in [1.29, 1.82) is 5.26 Å². The van der Waals surface area contributed by atoms with E-state index < -0.39 is 0 Å². The summed E-state index contributed by atoms with van der Waals surface area (Å²) >= 11 is 0. The van der Waals surface area contributed by atoms with Crippen LogP contribution in [0.5, 0.6) is 17.2 Å². The van der Waals surface area contributed by atoms with Gasteiger partial charge in [0.15, 0.2) is 0 Å². The number of nitrogens with one attached hydrogen (secondary N) is 1. The monoisotopic (exact) mass is 387 g/mol. The molecule has 5 heteroatoms. The zero-order chi connectivity index (χ0) is 20.8. The number of ether oxygens (including phenoxy) is 1. The van der Waals surface area contributed by atoms with Crippen LogP contribution < -0.4 is 10.1 Å². The average Bonchev–Trinajstić information content (AvgIpc) is 2.68. The number of aromatic hydroxyl groups is 1. The van der Waals surface area contributed by atoms with E-state index in [1.54, 1.807) is 6.07 Å². The lowest BCUT2D eigenvalue weighted by Gasteiger charge is -2.15. The summed E-state index contributed by atoms with van der Waals surface area (Å²) in [5.41, 5.74) is 3.78. The lowest BCUT2D eigenvalue weighted by Crippen LogP contribution is -2.21. The third kappa shape index (κ3) is 5.28. The lowest BCUT2D eigenvalue weighted by atomic mass is 10.0. The van der Waals surface area contributed by atoms with Crippen molar-refractivity contribution in [2.45, 2.75) is 6.92 Å². The van der Waals surface area contributed by atoms with Gasteiger partial charge in [-0.1, -0.05) is 24.3 Å². The van der Waals surface area contributed by atoms with Crippen molar-refractivity contribution in [3.05, 3.63) is 71.8 Å². The first-order valence-corrected chi connectivity index (χ1v) is 9.47. The summed E-state index contributed by atoms with van der Waals surface area (Å²) in [6, 6.07) is 21.1. The smallest absolute Gasteiger partial charge is 0.136 e. The van der Waals surface area contributed by atoms with Crippen LogP contribution in [0.15, 0.2) is 60.7 Å².